The van der Waals surface area contributed by atoms with Crippen molar-refractivity contribution >= 4 is 17.5 Å². The predicted molar refractivity (Wildman–Crippen MR) is 77.6 cm³/mol. The molecule has 0 aliphatic rings. The number of ether oxygens (including phenoxy) is 1. The zero-order valence-corrected chi connectivity index (χ0v) is 12.3. The van der Waals surface area contributed by atoms with Crippen LogP contribution >= 0.6 is 0 Å². The molecule has 20 heavy (non-hydrogen) atoms. The molecule has 0 aliphatic heterocycles. The molecular formula is C14H21N3O3. The zero-order chi connectivity index (χ0) is 15.3. The summed E-state index contributed by atoms with van der Waals surface area (Å²) in [5.74, 6) is -0.122. The molecule has 1 unspecified atom stereocenters. The first-order valence-electron chi connectivity index (χ1n) is 6.40. The van der Waals surface area contributed by atoms with E-state index in [9.17, 15) is 9.59 Å². The Labute approximate surface area is 118 Å². The van der Waals surface area contributed by atoms with Gasteiger partial charge in [-0.1, -0.05) is 0 Å². The molecule has 2 amide bonds. The molecule has 3 N–H and O–H groups in total. The van der Waals surface area contributed by atoms with Gasteiger partial charge in [0.15, 0.2) is 0 Å². The van der Waals surface area contributed by atoms with Crippen LogP contribution in [0.25, 0.3) is 0 Å². The van der Waals surface area contributed by atoms with Crippen LogP contribution in [0.4, 0.5) is 5.69 Å². The van der Waals surface area contributed by atoms with Gasteiger partial charge in [-0.25, -0.2) is 0 Å². The van der Waals surface area contributed by atoms with Gasteiger partial charge in [0.1, 0.15) is 11.8 Å². The van der Waals surface area contributed by atoms with Gasteiger partial charge in [0, 0.05) is 19.3 Å². The van der Waals surface area contributed by atoms with Gasteiger partial charge in [-0.3, -0.25) is 9.59 Å². The highest BCUT2D eigenvalue weighted by molar-refractivity contribution is 6.00. The van der Waals surface area contributed by atoms with Gasteiger partial charge in [0.05, 0.1) is 12.7 Å². The van der Waals surface area contributed by atoms with Gasteiger partial charge < -0.3 is 20.7 Å². The van der Waals surface area contributed by atoms with Gasteiger partial charge in [-0.05, 0) is 32.0 Å². The van der Waals surface area contributed by atoms with Crippen LogP contribution in [0.5, 0.6) is 5.75 Å². The summed E-state index contributed by atoms with van der Waals surface area (Å²) in [4.78, 5) is 25.6. The highest BCUT2D eigenvalue weighted by atomic mass is 16.5. The van der Waals surface area contributed by atoms with Crippen molar-refractivity contribution in [3.63, 3.8) is 0 Å². The number of carbonyl (C=O) groups excluding carboxylic acids is 2. The van der Waals surface area contributed by atoms with E-state index >= 15 is 0 Å². The second-order valence-electron chi connectivity index (χ2n) is 4.51. The van der Waals surface area contributed by atoms with Crippen LogP contribution in [0.15, 0.2) is 18.2 Å². The fourth-order valence-corrected chi connectivity index (χ4v) is 1.73. The average Bonchev–Trinajstić information content (AvgIpc) is 2.45. The zero-order valence-electron chi connectivity index (χ0n) is 12.3. The van der Waals surface area contributed by atoms with E-state index in [0.717, 1.165) is 0 Å². The maximum atomic E-state index is 12.2. The summed E-state index contributed by atoms with van der Waals surface area (Å²) in [6, 6.07) is 4.18. The van der Waals surface area contributed by atoms with E-state index < -0.39 is 6.04 Å². The molecule has 0 aliphatic carbocycles. The summed E-state index contributed by atoms with van der Waals surface area (Å²) in [6.07, 6.45) is 0. The summed E-state index contributed by atoms with van der Waals surface area (Å²) in [7, 11) is 3.16. The molecule has 1 aromatic rings. The van der Waals surface area contributed by atoms with E-state index in [0.29, 0.717) is 23.5 Å². The summed E-state index contributed by atoms with van der Waals surface area (Å²) in [5, 5.41) is 2.65. The molecule has 0 saturated carbocycles. The van der Waals surface area contributed by atoms with Crippen molar-refractivity contribution in [2.45, 2.75) is 19.9 Å². The number of carbonyl (C=O) groups is 2. The first-order chi connectivity index (χ1) is 9.40. The molecule has 1 atom stereocenters. The Balaban J connectivity index is 2.86. The number of rotatable bonds is 5. The Morgan fingerprint density at radius 1 is 1.45 bits per heavy atom. The number of anilines is 1. The fraction of sp³-hybridized carbons (Fsp3) is 0.429. The van der Waals surface area contributed by atoms with Gasteiger partial charge in [-0.2, -0.15) is 0 Å². The maximum absolute atomic E-state index is 12.2. The first kappa shape index (κ1) is 15.8. The van der Waals surface area contributed by atoms with Gasteiger partial charge in [0.2, 0.25) is 5.91 Å². The summed E-state index contributed by atoms with van der Waals surface area (Å²) in [6.45, 7) is 4.10. The quantitative estimate of drug-likeness (QED) is 0.783. The van der Waals surface area contributed by atoms with Crippen molar-refractivity contribution in [2.24, 2.45) is 0 Å². The number of hydrogen-bond acceptors (Lipinski definition) is 4. The molecule has 1 rings (SSSR count). The van der Waals surface area contributed by atoms with Crippen molar-refractivity contribution in [3.8, 4) is 5.75 Å². The number of nitrogen functional groups attached to an aromatic ring is 1. The first-order valence-corrected chi connectivity index (χ1v) is 6.40. The molecule has 0 fully saturated rings. The molecule has 6 heteroatoms. The molecule has 1 aromatic carbocycles. The Kier molecular flexibility index (Phi) is 5.37. The Morgan fingerprint density at radius 3 is 2.65 bits per heavy atom. The number of amides is 2. The lowest BCUT2D eigenvalue weighted by Gasteiger charge is -2.21. The topological polar surface area (TPSA) is 84.7 Å². The lowest BCUT2D eigenvalue weighted by Crippen LogP contribution is -2.45. The predicted octanol–water partition coefficient (Wildman–Crippen LogP) is 0.874. The number of likely N-dealkylation sites (N-methyl/N-ethyl adjacent to an activating group) is 1. The lowest BCUT2D eigenvalue weighted by atomic mass is 10.1. The van der Waals surface area contributed by atoms with Crippen LogP contribution in [0.1, 0.15) is 24.2 Å². The van der Waals surface area contributed by atoms with Gasteiger partial charge in [-0.15, -0.1) is 0 Å². The number of methoxy groups -OCH3 is 1. The summed E-state index contributed by atoms with van der Waals surface area (Å²) >= 11 is 0. The second kappa shape index (κ2) is 6.79. The van der Waals surface area contributed by atoms with E-state index in [2.05, 4.69) is 5.32 Å². The normalized spacial score (nSPS) is 11.6. The van der Waals surface area contributed by atoms with Crippen molar-refractivity contribution < 1.29 is 14.3 Å². The minimum absolute atomic E-state index is 0.149. The van der Waals surface area contributed by atoms with Crippen molar-refractivity contribution in [2.75, 3.05) is 26.4 Å². The Bertz CT molecular complexity index is 502. The van der Waals surface area contributed by atoms with Crippen molar-refractivity contribution in [3.05, 3.63) is 23.8 Å². The molecule has 110 valence electrons. The molecule has 6 nitrogen and oxygen atoms in total. The van der Waals surface area contributed by atoms with E-state index in [-0.39, 0.29) is 11.8 Å². The Hall–Kier alpha value is -2.24. The molecule has 0 bridgehead atoms. The van der Waals surface area contributed by atoms with Crippen LogP contribution in [0.3, 0.4) is 0 Å². The van der Waals surface area contributed by atoms with Gasteiger partial charge >= 0.3 is 0 Å². The van der Waals surface area contributed by atoms with Crippen molar-refractivity contribution in [1.29, 1.82) is 0 Å². The molecule has 0 aromatic heterocycles. The van der Waals surface area contributed by atoms with E-state index in [4.69, 9.17) is 10.5 Å². The number of hydrogen-bond donors (Lipinski definition) is 2. The number of benzene rings is 1. The lowest BCUT2D eigenvalue weighted by molar-refractivity contribution is -0.131. The van der Waals surface area contributed by atoms with Gasteiger partial charge in [0.25, 0.3) is 5.91 Å². The number of nitrogens with zero attached hydrogens (tertiary/aromatic N) is 1. The molecule has 0 radical (unpaired) electrons. The SMILES string of the molecule is CCN(C)C(=O)C(C)NC(=O)c1cc(N)ccc1OC. The monoisotopic (exact) mass is 279 g/mol. The van der Waals surface area contributed by atoms with E-state index in [1.807, 2.05) is 6.92 Å². The number of nitrogens with two attached hydrogens (primary N) is 1. The summed E-state index contributed by atoms with van der Waals surface area (Å²) in [5.41, 5.74) is 6.44. The summed E-state index contributed by atoms with van der Waals surface area (Å²) < 4.78 is 5.12. The minimum Gasteiger partial charge on any atom is -0.496 e. The largest absolute Gasteiger partial charge is 0.496 e. The van der Waals surface area contributed by atoms with Crippen LogP contribution in [0.2, 0.25) is 0 Å². The highest BCUT2D eigenvalue weighted by Gasteiger charge is 2.21. The minimum atomic E-state index is -0.612. The maximum Gasteiger partial charge on any atom is 0.255 e. The smallest absolute Gasteiger partial charge is 0.255 e. The fourth-order valence-electron chi connectivity index (χ4n) is 1.73. The van der Waals surface area contributed by atoms with Crippen LogP contribution in [-0.2, 0) is 4.79 Å². The standard InChI is InChI=1S/C14H21N3O3/c1-5-17(3)14(19)9(2)16-13(18)11-8-10(15)6-7-12(11)20-4/h6-9H,5,15H2,1-4H3,(H,16,18). The third-order valence-electron chi connectivity index (χ3n) is 3.04. The third-order valence-corrected chi connectivity index (χ3v) is 3.04. The van der Waals surface area contributed by atoms with E-state index in [1.54, 1.807) is 31.0 Å². The second-order valence-corrected chi connectivity index (χ2v) is 4.51. The third kappa shape index (κ3) is 3.63. The molecule has 0 saturated heterocycles. The molecule has 0 spiro atoms. The average molecular weight is 279 g/mol. The Morgan fingerprint density at radius 2 is 2.10 bits per heavy atom. The van der Waals surface area contributed by atoms with Crippen LogP contribution in [0, 0.1) is 0 Å². The molecule has 0 heterocycles. The highest BCUT2D eigenvalue weighted by Crippen LogP contribution is 2.21. The van der Waals surface area contributed by atoms with Crippen LogP contribution in [-0.4, -0.2) is 43.5 Å². The molecular weight excluding hydrogens is 258 g/mol. The number of nitrogens with one attached hydrogen (secondary N) is 1. The van der Waals surface area contributed by atoms with E-state index in [1.165, 1.54) is 13.2 Å². The van der Waals surface area contributed by atoms with Crippen molar-refractivity contribution in [1.82, 2.24) is 10.2 Å². The van der Waals surface area contributed by atoms with Crippen LogP contribution < -0.4 is 15.8 Å².